The summed E-state index contributed by atoms with van der Waals surface area (Å²) in [5.74, 6) is -0.251. The highest BCUT2D eigenvalue weighted by molar-refractivity contribution is 5.76. The monoisotopic (exact) mass is 1300 g/mol. The number of hydrogen-bond donors (Lipinski definition) is 9. The summed E-state index contributed by atoms with van der Waals surface area (Å²) in [6.45, 7) is 2.71. The summed E-state index contributed by atoms with van der Waals surface area (Å²) in [7, 11) is 0. The molecule has 2 fully saturated rings. The lowest BCUT2D eigenvalue weighted by Crippen LogP contribution is -2.65. The van der Waals surface area contributed by atoms with Crippen LogP contribution in [0.1, 0.15) is 296 Å². The van der Waals surface area contributed by atoms with Crippen molar-refractivity contribution in [3.63, 3.8) is 0 Å². The van der Waals surface area contributed by atoms with E-state index in [0.717, 1.165) is 103 Å². The van der Waals surface area contributed by atoms with Gasteiger partial charge in [0.05, 0.1) is 32.0 Å². The SMILES string of the molecule is CC/C=C\C/C=C\C/C=C\C/C=C\C/C=C\C/C=C\C/C=C\CCCCCCCCCC(=O)NC(COC1OC(CO)C(OC2OC(CO)C(O)C(O)C2O)C(O)C1O)C(O)/C=C/CCCCCCCCCCCCCCCCCCCCCCCCCCCCC. The molecular formula is C78H137NO13. The van der Waals surface area contributed by atoms with E-state index >= 15 is 0 Å². The van der Waals surface area contributed by atoms with Gasteiger partial charge in [0.15, 0.2) is 12.6 Å². The summed E-state index contributed by atoms with van der Waals surface area (Å²) < 4.78 is 22.9. The number of unbranched alkanes of at least 4 members (excludes halogenated alkanes) is 34. The molecule has 14 nitrogen and oxygen atoms in total. The van der Waals surface area contributed by atoms with Crippen LogP contribution in [0, 0.1) is 0 Å². The first-order valence-corrected chi connectivity index (χ1v) is 37.5. The molecule has 0 aromatic carbocycles. The molecule has 0 bridgehead atoms. The smallest absolute Gasteiger partial charge is 0.220 e. The second kappa shape index (κ2) is 61.5. The lowest BCUT2D eigenvalue weighted by atomic mass is 9.97. The van der Waals surface area contributed by atoms with Crippen LogP contribution < -0.4 is 5.32 Å². The number of nitrogens with one attached hydrogen (secondary N) is 1. The first-order valence-electron chi connectivity index (χ1n) is 37.5. The largest absolute Gasteiger partial charge is 0.394 e. The van der Waals surface area contributed by atoms with E-state index in [1.54, 1.807) is 6.08 Å². The standard InChI is InChI=1S/C78H137NO13/c1-3-5-7-9-11-13-15-17-19-21-23-25-27-29-31-33-35-37-39-41-43-45-47-49-51-53-55-57-59-61-67(82)66(65-89-77-75(88)73(86)76(69(64-81)91-77)92-78-74(87)72(85)71(84)68(63-80)90-78)79-70(83)62-60-58-56-54-52-50-48-46-44-42-40-38-36-34-32-30-28-26-24-22-20-18-16-14-12-10-8-6-4-2/h6,8,12,14,18,20,24,26,30,32,36,38,42,44,59,61,66-69,71-78,80-82,84-88H,3-5,7,9-11,13,15-17,19,21-23,25,27-29,31,33-35,37,39-41,43,45-58,60,62-65H2,1-2H3,(H,79,83)/b8-6-,14-12-,20-18-,26-24-,32-30-,38-36-,44-42-,61-59+. The Morgan fingerprint density at radius 3 is 1.15 bits per heavy atom. The van der Waals surface area contributed by atoms with Crippen LogP contribution in [0.2, 0.25) is 0 Å². The molecule has 2 aliphatic rings. The molecule has 0 saturated carbocycles. The topological polar surface area (TPSA) is 228 Å². The van der Waals surface area contributed by atoms with Crippen molar-refractivity contribution in [3.05, 3.63) is 97.2 Å². The van der Waals surface area contributed by atoms with Gasteiger partial charge in [-0.3, -0.25) is 4.79 Å². The van der Waals surface area contributed by atoms with Gasteiger partial charge in [-0.15, -0.1) is 0 Å². The number of aliphatic hydroxyl groups excluding tert-OH is 8. The Kier molecular flexibility index (Phi) is 56.8. The fourth-order valence-electron chi connectivity index (χ4n) is 11.9. The van der Waals surface area contributed by atoms with Crippen molar-refractivity contribution in [2.45, 2.75) is 370 Å². The third-order valence-corrected chi connectivity index (χ3v) is 17.8. The highest BCUT2D eigenvalue weighted by Gasteiger charge is 2.51. The van der Waals surface area contributed by atoms with E-state index in [0.29, 0.717) is 6.42 Å². The zero-order chi connectivity index (χ0) is 66.6. The van der Waals surface area contributed by atoms with Crippen LogP contribution in [-0.4, -0.2) is 140 Å². The average Bonchev–Trinajstić information content (AvgIpc) is 0.836. The predicted molar refractivity (Wildman–Crippen MR) is 378 cm³/mol. The second-order valence-electron chi connectivity index (χ2n) is 26.0. The van der Waals surface area contributed by atoms with Gasteiger partial charge < -0.3 is 65.1 Å². The lowest BCUT2D eigenvalue weighted by Gasteiger charge is -2.46. The maximum absolute atomic E-state index is 13.4. The molecule has 12 atom stereocenters. The van der Waals surface area contributed by atoms with Crippen LogP contribution in [0.5, 0.6) is 0 Å². The minimum absolute atomic E-state index is 0.251. The molecule has 0 aromatic heterocycles. The normalized spacial score (nSPS) is 23.2. The first-order chi connectivity index (χ1) is 45.1. The highest BCUT2D eigenvalue weighted by atomic mass is 16.7. The van der Waals surface area contributed by atoms with E-state index in [1.807, 2.05) is 6.08 Å². The third-order valence-electron chi connectivity index (χ3n) is 17.8. The molecule has 2 saturated heterocycles. The number of carbonyl (C=O) groups is 1. The van der Waals surface area contributed by atoms with Crippen molar-refractivity contribution in [2.75, 3.05) is 19.8 Å². The molecule has 2 aliphatic heterocycles. The van der Waals surface area contributed by atoms with Gasteiger partial charge in [0, 0.05) is 6.42 Å². The Hall–Kier alpha value is -3.09. The number of amides is 1. The summed E-state index contributed by atoms with van der Waals surface area (Å²) in [5.41, 5.74) is 0. The molecule has 12 unspecified atom stereocenters. The fourth-order valence-corrected chi connectivity index (χ4v) is 11.9. The van der Waals surface area contributed by atoms with Gasteiger partial charge >= 0.3 is 0 Å². The van der Waals surface area contributed by atoms with Gasteiger partial charge in [-0.1, -0.05) is 310 Å². The van der Waals surface area contributed by atoms with E-state index in [-0.39, 0.29) is 18.9 Å². The van der Waals surface area contributed by atoms with Crippen molar-refractivity contribution in [1.82, 2.24) is 5.32 Å². The predicted octanol–water partition coefficient (Wildman–Crippen LogP) is 16.1. The number of carbonyl (C=O) groups excluding carboxylic acids is 1. The van der Waals surface area contributed by atoms with Gasteiger partial charge in [-0.25, -0.2) is 0 Å². The summed E-state index contributed by atoms with van der Waals surface area (Å²) in [4.78, 5) is 13.4. The average molecular weight is 1300 g/mol. The maximum Gasteiger partial charge on any atom is 0.220 e. The number of ether oxygens (including phenoxy) is 4. The number of rotatable bonds is 61. The molecular weight excluding hydrogens is 1160 g/mol. The number of aliphatic hydroxyl groups is 8. The molecule has 0 spiro atoms. The number of hydrogen-bond acceptors (Lipinski definition) is 13. The van der Waals surface area contributed by atoms with E-state index in [9.17, 15) is 45.6 Å². The highest BCUT2D eigenvalue weighted by Crippen LogP contribution is 2.30. The van der Waals surface area contributed by atoms with Gasteiger partial charge in [0.1, 0.15) is 48.8 Å². The van der Waals surface area contributed by atoms with Crippen molar-refractivity contribution in [2.24, 2.45) is 0 Å². The molecule has 92 heavy (non-hydrogen) atoms. The zero-order valence-corrected chi connectivity index (χ0v) is 58.0. The quantitative estimate of drug-likeness (QED) is 0.0204. The molecule has 0 radical (unpaired) electrons. The van der Waals surface area contributed by atoms with Crippen LogP contribution in [-0.2, 0) is 23.7 Å². The molecule has 14 heteroatoms. The second-order valence-corrected chi connectivity index (χ2v) is 26.0. The summed E-state index contributed by atoms with van der Waals surface area (Å²) >= 11 is 0. The molecule has 2 heterocycles. The Labute approximate surface area is 560 Å². The zero-order valence-electron chi connectivity index (χ0n) is 58.0. The molecule has 532 valence electrons. The number of allylic oxidation sites excluding steroid dienone is 15. The minimum atomic E-state index is -1.79. The van der Waals surface area contributed by atoms with E-state index < -0.39 is 86.8 Å². The van der Waals surface area contributed by atoms with E-state index in [1.165, 1.54) is 167 Å². The Morgan fingerprint density at radius 2 is 0.750 bits per heavy atom. The van der Waals surface area contributed by atoms with Crippen molar-refractivity contribution in [3.8, 4) is 0 Å². The maximum atomic E-state index is 13.4. The summed E-state index contributed by atoms with van der Waals surface area (Å²) in [6, 6.07) is -0.930. The van der Waals surface area contributed by atoms with Crippen LogP contribution >= 0.6 is 0 Å². The van der Waals surface area contributed by atoms with Crippen LogP contribution in [0.15, 0.2) is 97.2 Å². The molecule has 1 amide bonds. The van der Waals surface area contributed by atoms with Crippen molar-refractivity contribution in [1.29, 1.82) is 0 Å². The molecule has 0 aromatic rings. The van der Waals surface area contributed by atoms with Gasteiger partial charge in [0.25, 0.3) is 0 Å². The van der Waals surface area contributed by atoms with E-state index in [2.05, 4.69) is 104 Å². The van der Waals surface area contributed by atoms with E-state index in [4.69, 9.17) is 18.9 Å². The van der Waals surface area contributed by atoms with Gasteiger partial charge in [-0.2, -0.15) is 0 Å². The molecule has 2 rings (SSSR count). The Morgan fingerprint density at radius 1 is 0.402 bits per heavy atom. The lowest BCUT2D eigenvalue weighted by molar-refractivity contribution is -0.359. The summed E-state index contributed by atoms with van der Waals surface area (Å²) in [5, 5.41) is 87.6. The van der Waals surface area contributed by atoms with Gasteiger partial charge in [0.2, 0.25) is 5.91 Å². The first kappa shape index (κ1) is 85.0. The van der Waals surface area contributed by atoms with Gasteiger partial charge in [-0.05, 0) is 77.0 Å². The van der Waals surface area contributed by atoms with Crippen molar-refractivity contribution < 1.29 is 64.6 Å². The third kappa shape index (κ3) is 44.6. The minimum Gasteiger partial charge on any atom is -0.394 e. The summed E-state index contributed by atoms with van der Waals surface area (Å²) in [6.07, 6.45) is 70.3. The molecule has 0 aliphatic carbocycles. The van der Waals surface area contributed by atoms with Crippen molar-refractivity contribution >= 4 is 5.91 Å². The van der Waals surface area contributed by atoms with Crippen LogP contribution in [0.3, 0.4) is 0 Å². The molecule has 9 N–H and O–H groups in total. The Balaban J connectivity index is 1.68. The fraction of sp³-hybridized carbons (Fsp3) is 0.782. The Bertz CT molecular complexity index is 1920. The van der Waals surface area contributed by atoms with Crippen LogP contribution in [0.4, 0.5) is 0 Å². The van der Waals surface area contributed by atoms with Crippen LogP contribution in [0.25, 0.3) is 0 Å².